The molecule has 0 saturated carbocycles. The number of aromatic hydroxyl groups is 1. The Labute approximate surface area is 120 Å². The van der Waals surface area contributed by atoms with Crippen LogP contribution in [0.25, 0.3) is 0 Å². The Bertz CT molecular complexity index is 675. The van der Waals surface area contributed by atoms with Gasteiger partial charge in [0.25, 0.3) is 0 Å². The Morgan fingerprint density at radius 1 is 1.20 bits per heavy atom. The van der Waals surface area contributed by atoms with E-state index in [1.165, 1.54) is 23.9 Å². The van der Waals surface area contributed by atoms with Crippen LogP contribution in [0.4, 0.5) is 0 Å². The van der Waals surface area contributed by atoms with Gasteiger partial charge in [-0.05, 0) is 35.9 Å². The van der Waals surface area contributed by atoms with Gasteiger partial charge in [-0.2, -0.15) is 5.26 Å². The summed E-state index contributed by atoms with van der Waals surface area (Å²) in [6.45, 7) is 0. The lowest BCUT2D eigenvalue weighted by Crippen LogP contribution is -1.99. The lowest BCUT2D eigenvalue weighted by molar-refractivity contribution is -0.136. The van der Waals surface area contributed by atoms with Crippen LogP contribution in [-0.4, -0.2) is 16.2 Å². The van der Waals surface area contributed by atoms with Crippen molar-refractivity contribution in [3.05, 3.63) is 53.6 Å². The fourth-order valence-corrected chi connectivity index (χ4v) is 2.55. The summed E-state index contributed by atoms with van der Waals surface area (Å²) < 4.78 is 0. The molecule has 0 amide bonds. The smallest absolute Gasteiger partial charge is 0.307 e. The van der Waals surface area contributed by atoms with Gasteiger partial charge in [-0.1, -0.05) is 23.9 Å². The van der Waals surface area contributed by atoms with E-state index < -0.39 is 5.97 Å². The number of hydrogen-bond donors (Lipinski definition) is 2. The van der Waals surface area contributed by atoms with Crippen LogP contribution in [0, 0.1) is 11.3 Å². The lowest BCUT2D eigenvalue weighted by Gasteiger charge is -2.05. The second-order valence-electron chi connectivity index (χ2n) is 4.11. The number of nitrogens with zero attached hydrogens (tertiary/aromatic N) is 1. The number of nitriles is 1. The van der Waals surface area contributed by atoms with Crippen LogP contribution < -0.4 is 0 Å². The molecule has 0 bridgehead atoms. The molecule has 0 aromatic heterocycles. The average Bonchev–Trinajstić information content (AvgIpc) is 2.42. The van der Waals surface area contributed by atoms with Crippen LogP contribution in [0.2, 0.25) is 0 Å². The van der Waals surface area contributed by atoms with Gasteiger partial charge in [0, 0.05) is 9.79 Å². The highest BCUT2D eigenvalue weighted by Gasteiger charge is 2.06. The molecule has 0 atom stereocenters. The Morgan fingerprint density at radius 3 is 2.50 bits per heavy atom. The zero-order chi connectivity index (χ0) is 14.5. The summed E-state index contributed by atoms with van der Waals surface area (Å²) >= 11 is 1.39. The molecule has 100 valence electrons. The van der Waals surface area contributed by atoms with Crippen molar-refractivity contribution in [2.24, 2.45) is 0 Å². The van der Waals surface area contributed by atoms with Gasteiger partial charge in [0.05, 0.1) is 12.0 Å². The first-order valence-electron chi connectivity index (χ1n) is 5.80. The topological polar surface area (TPSA) is 81.3 Å². The van der Waals surface area contributed by atoms with Gasteiger partial charge in [0.15, 0.2) is 0 Å². The van der Waals surface area contributed by atoms with E-state index in [1.54, 1.807) is 18.2 Å². The van der Waals surface area contributed by atoms with Crippen LogP contribution in [-0.2, 0) is 11.2 Å². The van der Waals surface area contributed by atoms with Gasteiger partial charge in [0.1, 0.15) is 11.8 Å². The third-order valence-electron chi connectivity index (χ3n) is 2.59. The number of benzene rings is 2. The molecule has 2 N–H and O–H groups in total. The van der Waals surface area contributed by atoms with E-state index in [9.17, 15) is 9.90 Å². The fourth-order valence-electron chi connectivity index (χ4n) is 1.67. The molecule has 0 aliphatic heterocycles. The van der Waals surface area contributed by atoms with Crippen molar-refractivity contribution in [2.75, 3.05) is 0 Å². The predicted octanol–water partition coefficient (Wildman–Crippen LogP) is 3.04. The van der Waals surface area contributed by atoms with E-state index in [0.717, 1.165) is 15.4 Å². The largest absolute Gasteiger partial charge is 0.508 e. The highest BCUT2D eigenvalue weighted by molar-refractivity contribution is 7.99. The van der Waals surface area contributed by atoms with Crippen molar-refractivity contribution in [1.29, 1.82) is 5.26 Å². The summed E-state index contributed by atoms with van der Waals surface area (Å²) in [4.78, 5) is 12.2. The minimum atomic E-state index is -0.865. The van der Waals surface area contributed by atoms with E-state index in [0.29, 0.717) is 5.56 Å². The fraction of sp³-hybridized carbons (Fsp3) is 0.0667. The van der Waals surface area contributed by atoms with Gasteiger partial charge in [-0.15, -0.1) is 0 Å². The third kappa shape index (κ3) is 3.53. The average molecular weight is 285 g/mol. The normalized spacial score (nSPS) is 9.95. The first kappa shape index (κ1) is 14.0. The quantitative estimate of drug-likeness (QED) is 0.902. The molecule has 0 spiro atoms. The molecule has 0 aliphatic rings. The van der Waals surface area contributed by atoms with Gasteiger partial charge in [-0.25, -0.2) is 0 Å². The zero-order valence-electron chi connectivity index (χ0n) is 10.4. The third-order valence-corrected chi connectivity index (χ3v) is 3.67. The van der Waals surface area contributed by atoms with Crippen molar-refractivity contribution in [3.63, 3.8) is 0 Å². The van der Waals surface area contributed by atoms with Crippen molar-refractivity contribution < 1.29 is 15.0 Å². The van der Waals surface area contributed by atoms with E-state index >= 15 is 0 Å². The monoisotopic (exact) mass is 285 g/mol. The molecule has 0 saturated heterocycles. The first-order valence-corrected chi connectivity index (χ1v) is 6.62. The Morgan fingerprint density at radius 2 is 1.90 bits per heavy atom. The lowest BCUT2D eigenvalue weighted by atomic mass is 10.2. The minimum Gasteiger partial charge on any atom is -0.508 e. The predicted molar refractivity (Wildman–Crippen MR) is 74.7 cm³/mol. The molecule has 2 rings (SSSR count). The number of phenolic OH excluding ortho intramolecular Hbond substituents is 1. The van der Waals surface area contributed by atoms with Gasteiger partial charge < -0.3 is 10.2 Å². The molecule has 0 unspecified atom stereocenters. The van der Waals surface area contributed by atoms with Crippen molar-refractivity contribution >= 4 is 17.7 Å². The minimum absolute atomic E-state index is 0.00635. The van der Waals surface area contributed by atoms with Gasteiger partial charge in [-0.3, -0.25) is 4.79 Å². The van der Waals surface area contributed by atoms with Crippen LogP contribution in [0.1, 0.15) is 11.1 Å². The summed E-state index contributed by atoms with van der Waals surface area (Å²) in [6.07, 6.45) is -0.00635. The van der Waals surface area contributed by atoms with E-state index in [1.807, 2.05) is 18.2 Å². The molecular formula is C15H11NO3S. The molecule has 20 heavy (non-hydrogen) atoms. The van der Waals surface area contributed by atoms with Crippen molar-refractivity contribution in [1.82, 2.24) is 0 Å². The Kier molecular flexibility index (Phi) is 4.28. The van der Waals surface area contributed by atoms with Crippen LogP contribution in [0.3, 0.4) is 0 Å². The maximum atomic E-state index is 10.6. The molecule has 0 fully saturated rings. The SMILES string of the molecule is N#Cc1cc(O)ccc1Sc1ccc(CC(=O)O)cc1. The van der Waals surface area contributed by atoms with Crippen molar-refractivity contribution in [2.45, 2.75) is 16.2 Å². The number of carboxylic acid groups (broad SMARTS) is 1. The second kappa shape index (κ2) is 6.13. The first-order chi connectivity index (χ1) is 9.58. The van der Waals surface area contributed by atoms with Crippen LogP contribution >= 0.6 is 11.8 Å². The molecule has 5 heteroatoms. The van der Waals surface area contributed by atoms with Gasteiger partial charge >= 0.3 is 5.97 Å². The number of aliphatic carboxylic acids is 1. The molecule has 0 radical (unpaired) electrons. The summed E-state index contributed by atoms with van der Waals surface area (Å²) in [7, 11) is 0. The molecule has 0 aliphatic carbocycles. The number of hydrogen-bond acceptors (Lipinski definition) is 4. The Hall–Kier alpha value is -2.45. The van der Waals surface area contributed by atoms with Crippen LogP contribution in [0.5, 0.6) is 5.75 Å². The second-order valence-corrected chi connectivity index (χ2v) is 5.22. The highest BCUT2D eigenvalue weighted by atomic mass is 32.2. The van der Waals surface area contributed by atoms with Gasteiger partial charge in [0.2, 0.25) is 0 Å². The molecular weight excluding hydrogens is 274 g/mol. The van der Waals surface area contributed by atoms with E-state index in [2.05, 4.69) is 0 Å². The summed E-state index contributed by atoms with van der Waals surface area (Å²) in [6, 6.07) is 13.8. The van der Waals surface area contributed by atoms with E-state index in [-0.39, 0.29) is 12.2 Å². The molecule has 4 nitrogen and oxygen atoms in total. The molecule has 0 heterocycles. The number of phenols is 1. The summed E-state index contributed by atoms with van der Waals surface area (Å²) in [5, 5.41) is 27.1. The Balaban J connectivity index is 2.18. The molecule has 2 aromatic carbocycles. The number of carboxylic acids is 1. The maximum absolute atomic E-state index is 10.6. The number of rotatable bonds is 4. The standard InChI is InChI=1S/C15H11NO3S/c16-9-11-8-12(17)3-6-14(11)20-13-4-1-10(2-5-13)7-15(18)19/h1-6,8,17H,7H2,(H,18,19). The van der Waals surface area contributed by atoms with Crippen LogP contribution in [0.15, 0.2) is 52.3 Å². The maximum Gasteiger partial charge on any atom is 0.307 e. The highest BCUT2D eigenvalue weighted by Crippen LogP contribution is 2.32. The summed E-state index contributed by atoms with van der Waals surface area (Å²) in [5.41, 5.74) is 1.14. The van der Waals surface area contributed by atoms with E-state index in [4.69, 9.17) is 10.4 Å². The number of carbonyl (C=O) groups is 1. The summed E-state index contributed by atoms with van der Waals surface area (Å²) in [5.74, 6) is -0.807. The zero-order valence-corrected chi connectivity index (χ0v) is 11.2. The molecule has 2 aromatic rings. The van der Waals surface area contributed by atoms with Crippen molar-refractivity contribution in [3.8, 4) is 11.8 Å².